The number of imidazole rings is 1. The van der Waals surface area contributed by atoms with Gasteiger partial charge in [0.25, 0.3) is 0 Å². The zero-order valence-corrected chi connectivity index (χ0v) is 9.07. The summed E-state index contributed by atoms with van der Waals surface area (Å²) in [6, 6.07) is 1.75. The molecule has 0 aliphatic heterocycles. The normalized spacial score (nSPS) is 10.3. The van der Waals surface area contributed by atoms with Crippen LogP contribution in [-0.2, 0) is 13.6 Å². The highest BCUT2D eigenvalue weighted by molar-refractivity contribution is 6.33. The van der Waals surface area contributed by atoms with Gasteiger partial charge in [0, 0.05) is 25.6 Å². The van der Waals surface area contributed by atoms with Crippen molar-refractivity contribution in [3.63, 3.8) is 0 Å². The number of nitrogens with one attached hydrogen (secondary N) is 1. The number of aromatic nitrogens is 3. The van der Waals surface area contributed by atoms with Gasteiger partial charge in [0.2, 0.25) is 0 Å². The third-order valence-electron chi connectivity index (χ3n) is 2.13. The Morgan fingerprint density at radius 3 is 3.00 bits per heavy atom. The molecule has 0 fully saturated rings. The fourth-order valence-corrected chi connectivity index (χ4v) is 1.42. The quantitative estimate of drug-likeness (QED) is 0.865. The van der Waals surface area contributed by atoms with E-state index in [9.17, 15) is 0 Å². The second-order valence-corrected chi connectivity index (χ2v) is 3.57. The Kier molecular flexibility index (Phi) is 2.87. The summed E-state index contributed by atoms with van der Waals surface area (Å²) < 4.78 is 1.96. The predicted octanol–water partition coefficient (Wildman–Crippen LogP) is 2.08. The summed E-state index contributed by atoms with van der Waals surface area (Å²) >= 11 is 5.97. The van der Waals surface area contributed by atoms with Gasteiger partial charge in [0.15, 0.2) is 0 Å². The third-order valence-corrected chi connectivity index (χ3v) is 2.46. The van der Waals surface area contributed by atoms with E-state index in [2.05, 4.69) is 15.3 Å². The van der Waals surface area contributed by atoms with Gasteiger partial charge < -0.3 is 9.88 Å². The first-order chi connectivity index (χ1) is 7.27. The van der Waals surface area contributed by atoms with Gasteiger partial charge in [-0.15, -0.1) is 0 Å². The van der Waals surface area contributed by atoms with E-state index >= 15 is 0 Å². The van der Waals surface area contributed by atoms with Crippen molar-refractivity contribution in [1.29, 1.82) is 0 Å². The molecule has 0 aromatic carbocycles. The van der Waals surface area contributed by atoms with Crippen molar-refractivity contribution in [2.24, 2.45) is 7.05 Å². The molecule has 0 unspecified atom stereocenters. The molecule has 0 saturated heterocycles. The van der Waals surface area contributed by atoms with Crippen molar-refractivity contribution in [3.05, 3.63) is 41.7 Å². The largest absolute Gasteiger partial charge is 0.375 e. The molecule has 78 valence electrons. The molecular formula is C10H11ClN4. The molecule has 2 heterocycles. The van der Waals surface area contributed by atoms with Gasteiger partial charge in [-0.25, -0.2) is 4.98 Å². The fraction of sp³-hybridized carbons (Fsp3) is 0.200. The first kappa shape index (κ1) is 9.98. The number of hydrogen-bond donors (Lipinski definition) is 1. The Labute approximate surface area is 92.9 Å². The van der Waals surface area contributed by atoms with Crippen LogP contribution in [0.2, 0.25) is 5.02 Å². The maximum atomic E-state index is 5.97. The number of nitrogens with zero attached hydrogens (tertiary/aromatic N) is 3. The Morgan fingerprint density at radius 2 is 2.33 bits per heavy atom. The van der Waals surface area contributed by atoms with E-state index in [0.717, 1.165) is 11.5 Å². The van der Waals surface area contributed by atoms with Crippen molar-refractivity contribution in [3.8, 4) is 0 Å². The lowest BCUT2D eigenvalue weighted by atomic mass is 10.4. The fourth-order valence-electron chi connectivity index (χ4n) is 1.25. The Bertz CT molecular complexity index is 452. The average molecular weight is 223 g/mol. The lowest BCUT2D eigenvalue weighted by Crippen LogP contribution is -2.06. The van der Waals surface area contributed by atoms with Crippen LogP contribution >= 0.6 is 11.6 Å². The number of pyridine rings is 1. The molecule has 0 saturated carbocycles. The van der Waals surface area contributed by atoms with E-state index in [1.165, 1.54) is 0 Å². The van der Waals surface area contributed by atoms with Crippen molar-refractivity contribution < 1.29 is 0 Å². The summed E-state index contributed by atoms with van der Waals surface area (Å²) in [5, 5.41) is 3.84. The molecule has 15 heavy (non-hydrogen) atoms. The van der Waals surface area contributed by atoms with Gasteiger partial charge in [0.1, 0.15) is 5.82 Å². The molecule has 0 atom stereocenters. The molecule has 4 nitrogen and oxygen atoms in total. The van der Waals surface area contributed by atoms with Gasteiger partial charge in [-0.05, 0) is 6.07 Å². The van der Waals surface area contributed by atoms with Crippen molar-refractivity contribution in [1.82, 2.24) is 14.5 Å². The molecular weight excluding hydrogens is 212 g/mol. The highest BCUT2D eigenvalue weighted by atomic mass is 35.5. The minimum atomic E-state index is 0.634. The molecule has 2 aromatic heterocycles. The van der Waals surface area contributed by atoms with Crippen LogP contribution in [0.5, 0.6) is 0 Å². The lowest BCUT2D eigenvalue weighted by molar-refractivity contribution is 0.812. The Morgan fingerprint density at radius 1 is 1.47 bits per heavy atom. The Hall–Kier alpha value is -1.55. The summed E-state index contributed by atoms with van der Waals surface area (Å²) in [6.07, 6.45) is 7.03. The second kappa shape index (κ2) is 4.31. The van der Waals surface area contributed by atoms with Gasteiger partial charge in [-0.2, -0.15) is 0 Å². The molecule has 5 heteroatoms. The first-order valence-electron chi connectivity index (χ1n) is 4.57. The predicted molar refractivity (Wildman–Crippen MR) is 59.8 cm³/mol. The molecule has 0 amide bonds. The molecule has 2 aromatic rings. The Balaban J connectivity index is 2.06. The molecule has 0 aliphatic carbocycles. The van der Waals surface area contributed by atoms with Crippen LogP contribution in [0.4, 0.5) is 5.69 Å². The minimum Gasteiger partial charge on any atom is -0.375 e. The van der Waals surface area contributed by atoms with E-state index < -0.39 is 0 Å². The average Bonchev–Trinajstić information content (AvgIpc) is 2.63. The minimum absolute atomic E-state index is 0.634. The summed E-state index contributed by atoms with van der Waals surface area (Å²) in [5.41, 5.74) is 0.821. The van der Waals surface area contributed by atoms with E-state index in [1.54, 1.807) is 24.7 Å². The number of halogens is 1. The van der Waals surface area contributed by atoms with Crippen LogP contribution in [0.1, 0.15) is 5.82 Å². The summed E-state index contributed by atoms with van der Waals surface area (Å²) in [4.78, 5) is 8.19. The number of rotatable bonds is 3. The van der Waals surface area contributed by atoms with Crippen LogP contribution < -0.4 is 5.32 Å². The van der Waals surface area contributed by atoms with Gasteiger partial charge >= 0.3 is 0 Å². The van der Waals surface area contributed by atoms with E-state index in [4.69, 9.17) is 11.6 Å². The van der Waals surface area contributed by atoms with Crippen molar-refractivity contribution in [2.75, 3.05) is 5.32 Å². The maximum Gasteiger partial charge on any atom is 0.127 e. The lowest BCUT2D eigenvalue weighted by Gasteiger charge is -2.07. The third kappa shape index (κ3) is 2.27. The second-order valence-electron chi connectivity index (χ2n) is 3.16. The van der Waals surface area contributed by atoms with Crippen LogP contribution in [-0.4, -0.2) is 14.5 Å². The van der Waals surface area contributed by atoms with E-state index in [-0.39, 0.29) is 0 Å². The van der Waals surface area contributed by atoms with Crippen LogP contribution in [0.15, 0.2) is 30.9 Å². The highest BCUT2D eigenvalue weighted by Crippen LogP contribution is 2.19. The summed E-state index contributed by atoms with van der Waals surface area (Å²) in [5.74, 6) is 0.954. The van der Waals surface area contributed by atoms with Gasteiger partial charge in [-0.3, -0.25) is 4.98 Å². The summed E-state index contributed by atoms with van der Waals surface area (Å²) in [7, 11) is 1.95. The SMILES string of the molecule is Cn1ccnc1CNc1cnccc1Cl. The molecule has 0 spiro atoms. The first-order valence-corrected chi connectivity index (χ1v) is 4.95. The molecule has 0 bridgehead atoms. The number of aryl methyl sites for hydroxylation is 1. The monoisotopic (exact) mass is 222 g/mol. The molecule has 0 aliphatic rings. The number of anilines is 1. The molecule has 2 rings (SSSR count). The van der Waals surface area contributed by atoms with Crippen LogP contribution in [0.25, 0.3) is 0 Å². The van der Waals surface area contributed by atoms with Crippen molar-refractivity contribution in [2.45, 2.75) is 6.54 Å². The van der Waals surface area contributed by atoms with Gasteiger partial charge in [-0.1, -0.05) is 11.6 Å². The molecule has 1 N–H and O–H groups in total. The zero-order valence-electron chi connectivity index (χ0n) is 8.31. The highest BCUT2D eigenvalue weighted by Gasteiger charge is 2.01. The zero-order chi connectivity index (χ0) is 10.7. The van der Waals surface area contributed by atoms with E-state index in [1.807, 2.05) is 17.8 Å². The summed E-state index contributed by atoms with van der Waals surface area (Å²) in [6.45, 7) is 0.634. The standard InChI is InChI=1S/C10H11ClN4/c1-15-5-4-13-10(15)7-14-9-6-12-3-2-8(9)11/h2-6,14H,7H2,1H3. The van der Waals surface area contributed by atoms with Gasteiger partial charge in [0.05, 0.1) is 23.5 Å². The van der Waals surface area contributed by atoms with Crippen molar-refractivity contribution >= 4 is 17.3 Å². The topological polar surface area (TPSA) is 42.7 Å². The maximum absolute atomic E-state index is 5.97. The molecule has 0 radical (unpaired) electrons. The smallest absolute Gasteiger partial charge is 0.127 e. The van der Waals surface area contributed by atoms with E-state index in [0.29, 0.717) is 11.6 Å². The number of hydrogen-bond acceptors (Lipinski definition) is 3. The van der Waals surface area contributed by atoms with Crippen LogP contribution in [0.3, 0.4) is 0 Å². The van der Waals surface area contributed by atoms with Crippen LogP contribution in [0, 0.1) is 0 Å².